The third-order valence-electron chi connectivity index (χ3n) is 2.34. The molecule has 6 nitrogen and oxygen atoms in total. The van der Waals surface area contributed by atoms with Crippen LogP contribution in [0.25, 0.3) is 6.08 Å². The van der Waals surface area contributed by atoms with Crippen LogP contribution in [0.4, 0.5) is 0 Å². The van der Waals surface area contributed by atoms with Gasteiger partial charge in [0.2, 0.25) is 5.91 Å². The zero-order chi connectivity index (χ0) is 14.4. The fourth-order valence-corrected chi connectivity index (χ4v) is 1.31. The smallest absolute Gasteiger partial charge is 0.328 e. The lowest BCUT2D eigenvalue weighted by Gasteiger charge is -2.09. The van der Waals surface area contributed by atoms with Crippen LogP contribution in [0, 0.1) is 0 Å². The Balaban J connectivity index is 2.63. The Bertz CT molecular complexity index is 510. The van der Waals surface area contributed by atoms with E-state index in [0.717, 1.165) is 0 Å². The standard InChI is InChI=1S/C13H15NO5/c1-8(13(18)19-2)14-12(17)6-4-9-3-5-10(15)11(16)7-9/h3-8,15-16H,1-2H3,(H,14,17)/b6-4+/t8-/m0/s1. The fourth-order valence-electron chi connectivity index (χ4n) is 1.31. The average molecular weight is 265 g/mol. The van der Waals surface area contributed by atoms with Crippen LogP contribution in [-0.4, -0.2) is 35.2 Å². The van der Waals surface area contributed by atoms with Gasteiger partial charge in [-0.2, -0.15) is 0 Å². The predicted molar refractivity (Wildman–Crippen MR) is 68.4 cm³/mol. The van der Waals surface area contributed by atoms with Crippen LogP contribution < -0.4 is 5.32 Å². The van der Waals surface area contributed by atoms with Gasteiger partial charge < -0.3 is 20.3 Å². The molecule has 0 saturated heterocycles. The van der Waals surface area contributed by atoms with Crippen molar-refractivity contribution in [1.29, 1.82) is 0 Å². The number of esters is 1. The van der Waals surface area contributed by atoms with Gasteiger partial charge in [0.25, 0.3) is 0 Å². The third kappa shape index (κ3) is 4.34. The molecule has 0 aromatic heterocycles. The molecule has 1 rings (SSSR count). The number of nitrogens with one attached hydrogen (secondary N) is 1. The van der Waals surface area contributed by atoms with Crippen molar-refractivity contribution in [2.75, 3.05) is 7.11 Å². The zero-order valence-corrected chi connectivity index (χ0v) is 10.6. The summed E-state index contributed by atoms with van der Waals surface area (Å²) in [6.45, 7) is 1.50. The molecular formula is C13H15NO5. The molecule has 0 aliphatic carbocycles. The number of hydrogen-bond donors (Lipinski definition) is 3. The average Bonchev–Trinajstić information content (AvgIpc) is 2.39. The molecule has 3 N–H and O–H groups in total. The van der Waals surface area contributed by atoms with Crippen molar-refractivity contribution < 1.29 is 24.5 Å². The summed E-state index contributed by atoms with van der Waals surface area (Å²) in [5, 5.41) is 20.8. The summed E-state index contributed by atoms with van der Waals surface area (Å²) in [5.74, 6) is -1.51. The second-order valence-electron chi connectivity index (χ2n) is 3.83. The highest BCUT2D eigenvalue weighted by molar-refractivity contribution is 5.94. The Morgan fingerprint density at radius 1 is 1.32 bits per heavy atom. The molecule has 0 saturated carbocycles. The maximum atomic E-state index is 11.5. The van der Waals surface area contributed by atoms with E-state index in [-0.39, 0.29) is 11.5 Å². The highest BCUT2D eigenvalue weighted by Gasteiger charge is 2.13. The maximum Gasteiger partial charge on any atom is 0.328 e. The lowest BCUT2D eigenvalue weighted by atomic mass is 10.2. The highest BCUT2D eigenvalue weighted by atomic mass is 16.5. The van der Waals surface area contributed by atoms with E-state index in [4.69, 9.17) is 5.11 Å². The topological polar surface area (TPSA) is 95.9 Å². The Morgan fingerprint density at radius 2 is 2.00 bits per heavy atom. The van der Waals surface area contributed by atoms with Crippen molar-refractivity contribution in [3.63, 3.8) is 0 Å². The van der Waals surface area contributed by atoms with Gasteiger partial charge in [-0.05, 0) is 30.7 Å². The number of ether oxygens (including phenoxy) is 1. The molecule has 0 bridgehead atoms. The van der Waals surface area contributed by atoms with Crippen molar-refractivity contribution >= 4 is 18.0 Å². The molecule has 102 valence electrons. The maximum absolute atomic E-state index is 11.5. The van der Waals surface area contributed by atoms with Gasteiger partial charge in [0, 0.05) is 6.08 Å². The summed E-state index contributed by atoms with van der Waals surface area (Å²) < 4.78 is 4.47. The van der Waals surface area contributed by atoms with Gasteiger partial charge in [-0.1, -0.05) is 6.07 Å². The van der Waals surface area contributed by atoms with Gasteiger partial charge in [-0.15, -0.1) is 0 Å². The van der Waals surface area contributed by atoms with Gasteiger partial charge in [0.15, 0.2) is 11.5 Å². The molecule has 1 aromatic rings. The Hall–Kier alpha value is -2.50. The van der Waals surface area contributed by atoms with Crippen LogP contribution in [0.2, 0.25) is 0 Å². The molecule has 0 aliphatic rings. The van der Waals surface area contributed by atoms with Gasteiger partial charge >= 0.3 is 5.97 Å². The van der Waals surface area contributed by atoms with Crippen LogP contribution in [0.1, 0.15) is 12.5 Å². The van der Waals surface area contributed by atoms with E-state index >= 15 is 0 Å². The monoisotopic (exact) mass is 265 g/mol. The van der Waals surface area contributed by atoms with Gasteiger partial charge in [-0.3, -0.25) is 4.79 Å². The third-order valence-corrected chi connectivity index (χ3v) is 2.34. The number of methoxy groups -OCH3 is 1. The minimum Gasteiger partial charge on any atom is -0.504 e. The Morgan fingerprint density at radius 3 is 2.58 bits per heavy atom. The molecule has 1 atom stereocenters. The van der Waals surface area contributed by atoms with Crippen LogP contribution in [0.5, 0.6) is 11.5 Å². The summed E-state index contributed by atoms with van der Waals surface area (Å²) in [7, 11) is 1.24. The molecule has 19 heavy (non-hydrogen) atoms. The number of carbonyl (C=O) groups is 2. The summed E-state index contributed by atoms with van der Waals surface area (Å²) in [6.07, 6.45) is 2.66. The summed E-state index contributed by atoms with van der Waals surface area (Å²) in [6, 6.07) is 3.41. The molecule has 1 amide bonds. The van der Waals surface area contributed by atoms with Crippen molar-refractivity contribution in [3.05, 3.63) is 29.8 Å². The normalized spacial score (nSPS) is 12.1. The first-order chi connectivity index (χ1) is 8.93. The first-order valence-corrected chi connectivity index (χ1v) is 5.52. The van der Waals surface area contributed by atoms with Gasteiger partial charge in [0.1, 0.15) is 6.04 Å². The minimum absolute atomic E-state index is 0.235. The molecule has 0 spiro atoms. The zero-order valence-electron chi connectivity index (χ0n) is 10.6. The first kappa shape index (κ1) is 14.6. The number of benzene rings is 1. The number of carbonyl (C=O) groups excluding carboxylic acids is 2. The summed E-state index contributed by atoms with van der Waals surface area (Å²) >= 11 is 0. The summed E-state index contributed by atoms with van der Waals surface area (Å²) in [4.78, 5) is 22.6. The quantitative estimate of drug-likeness (QED) is 0.425. The van der Waals surface area contributed by atoms with Gasteiger partial charge in [0.05, 0.1) is 7.11 Å². The van der Waals surface area contributed by atoms with Crippen LogP contribution in [0.3, 0.4) is 0 Å². The van der Waals surface area contributed by atoms with E-state index in [9.17, 15) is 14.7 Å². The number of aromatic hydroxyl groups is 2. The summed E-state index contributed by atoms with van der Waals surface area (Å²) in [5.41, 5.74) is 0.538. The van der Waals surface area contributed by atoms with E-state index in [2.05, 4.69) is 10.1 Å². The minimum atomic E-state index is -0.740. The first-order valence-electron chi connectivity index (χ1n) is 5.52. The Kier molecular flexibility index (Phi) is 4.93. The second-order valence-corrected chi connectivity index (χ2v) is 3.83. The number of rotatable bonds is 4. The molecule has 0 fully saturated rings. The van der Waals surface area contributed by atoms with Crippen LogP contribution in [-0.2, 0) is 14.3 Å². The molecule has 1 aromatic carbocycles. The van der Waals surface area contributed by atoms with E-state index in [1.165, 1.54) is 44.4 Å². The van der Waals surface area contributed by atoms with Crippen molar-refractivity contribution in [2.45, 2.75) is 13.0 Å². The number of phenolic OH excluding ortho intramolecular Hbond substituents is 2. The fraction of sp³-hybridized carbons (Fsp3) is 0.231. The lowest BCUT2D eigenvalue weighted by molar-refractivity contribution is -0.144. The number of phenols is 2. The molecule has 0 unspecified atom stereocenters. The number of hydrogen-bond acceptors (Lipinski definition) is 5. The number of amides is 1. The second kappa shape index (κ2) is 6.44. The van der Waals surface area contributed by atoms with Crippen LogP contribution in [0.15, 0.2) is 24.3 Å². The SMILES string of the molecule is COC(=O)[C@H](C)NC(=O)/C=C/c1ccc(O)c(O)c1. The van der Waals surface area contributed by atoms with E-state index < -0.39 is 17.9 Å². The van der Waals surface area contributed by atoms with Crippen molar-refractivity contribution in [2.24, 2.45) is 0 Å². The largest absolute Gasteiger partial charge is 0.504 e. The van der Waals surface area contributed by atoms with E-state index in [0.29, 0.717) is 5.56 Å². The van der Waals surface area contributed by atoms with Crippen LogP contribution >= 0.6 is 0 Å². The van der Waals surface area contributed by atoms with Gasteiger partial charge in [-0.25, -0.2) is 4.79 Å². The highest BCUT2D eigenvalue weighted by Crippen LogP contribution is 2.25. The molecule has 0 heterocycles. The predicted octanol–water partition coefficient (Wildman–Crippen LogP) is 0.789. The molecule has 0 radical (unpaired) electrons. The molecule has 0 aliphatic heterocycles. The van der Waals surface area contributed by atoms with E-state index in [1.807, 2.05) is 0 Å². The van der Waals surface area contributed by atoms with Crippen molar-refractivity contribution in [1.82, 2.24) is 5.32 Å². The van der Waals surface area contributed by atoms with E-state index in [1.54, 1.807) is 0 Å². The Labute approximate surface area is 110 Å². The molecule has 6 heteroatoms. The molecular weight excluding hydrogens is 250 g/mol. The van der Waals surface area contributed by atoms with Crippen molar-refractivity contribution in [3.8, 4) is 11.5 Å². The lowest BCUT2D eigenvalue weighted by Crippen LogP contribution is -2.38.